The molecule has 0 aliphatic heterocycles. The van der Waals surface area contributed by atoms with E-state index in [0.717, 1.165) is 38.8 Å². The monoisotopic (exact) mass is 453 g/mol. The van der Waals surface area contributed by atoms with Crippen LogP contribution in [0.25, 0.3) is 27.5 Å². The number of alkyl halides is 1. The van der Waals surface area contributed by atoms with Crippen LogP contribution in [0.2, 0.25) is 0 Å². The van der Waals surface area contributed by atoms with Crippen LogP contribution in [-0.2, 0) is 14.9 Å². The highest BCUT2D eigenvalue weighted by Crippen LogP contribution is 2.53. The van der Waals surface area contributed by atoms with Gasteiger partial charge in [-0.2, -0.15) is 5.10 Å². The zero-order valence-corrected chi connectivity index (χ0v) is 18.7. The number of hydrogen-bond donors (Lipinski definition) is 2. The van der Waals surface area contributed by atoms with Crippen LogP contribution in [0, 0.1) is 5.82 Å². The predicted octanol–water partition coefficient (Wildman–Crippen LogP) is 5.24. The van der Waals surface area contributed by atoms with E-state index in [2.05, 4.69) is 14.8 Å². The first-order chi connectivity index (χ1) is 15.6. The molecule has 0 saturated heterocycles. The average Bonchev–Trinajstić information content (AvgIpc) is 3.32. The minimum Gasteiger partial charge on any atom is -0.479 e. The lowest BCUT2D eigenvalue weighted by Crippen LogP contribution is -2.46. The van der Waals surface area contributed by atoms with Crippen LogP contribution in [0.1, 0.15) is 43.9 Å². The van der Waals surface area contributed by atoms with E-state index < -0.39 is 17.1 Å². The number of carbonyl (C=O) groups is 1. The van der Waals surface area contributed by atoms with Crippen LogP contribution >= 0.6 is 0 Å². The van der Waals surface area contributed by atoms with Crippen LogP contribution in [0.4, 0.5) is 8.78 Å². The summed E-state index contributed by atoms with van der Waals surface area (Å²) in [7, 11) is 1.63. The number of carboxylic acids is 1. The number of rotatable bonds is 6. The summed E-state index contributed by atoms with van der Waals surface area (Å²) < 4.78 is 36.2. The van der Waals surface area contributed by atoms with Gasteiger partial charge in [-0.05, 0) is 60.7 Å². The molecule has 1 fully saturated rings. The first-order valence-corrected chi connectivity index (χ1v) is 10.8. The normalized spacial score (nSPS) is 20.9. The Balaban J connectivity index is 1.85. The van der Waals surface area contributed by atoms with Crippen molar-refractivity contribution in [2.24, 2.45) is 0 Å². The van der Waals surface area contributed by atoms with Crippen molar-refractivity contribution in [1.29, 1.82) is 0 Å². The first kappa shape index (κ1) is 21.6. The van der Waals surface area contributed by atoms with Gasteiger partial charge in [0.1, 0.15) is 5.82 Å². The van der Waals surface area contributed by atoms with Crippen molar-refractivity contribution in [1.82, 2.24) is 14.8 Å². The molecule has 0 spiro atoms. The number of hydrogen-bond acceptors (Lipinski definition) is 3. The summed E-state index contributed by atoms with van der Waals surface area (Å²) in [6, 6.07) is 10.2. The van der Waals surface area contributed by atoms with E-state index >= 15 is 0 Å². The molecule has 2 N–H and O–H groups in total. The highest BCUT2D eigenvalue weighted by molar-refractivity contribution is 5.99. The molecular formula is C25H25F2N3O3. The third-order valence-electron chi connectivity index (χ3n) is 6.73. The quantitative estimate of drug-likeness (QED) is 0.418. The number of ether oxygens (including phenoxy) is 1. The maximum Gasteiger partial charge on any atom is 0.341 e. The number of halogens is 2. The van der Waals surface area contributed by atoms with Gasteiger partial charge in [-0.15, -0.1) is 0 Å². The smallest absolute Gasteiger partial charge is 0.341 e. The Bertz CT molecular complexity index is 1370. The molecule has 0 amide bonds. The molecule has 172 valence electrons. The second-order valence-electron chi connectivity index (χ2n) is 9.59. The first-order valence-electron chi connectivity index (χ1n) is 10.8. The van der Waals surface area contributed by atoms with Crippen molar-refractivity contribution in [2.75, 3.05) is 13.7 Å². The Morgan fingerprint density at radius 3 is 2.64 bits per heavy atom. The molecule has 0 atom stereocenters. The zero-order chi connectivity index (χ0) is 23.5. The number of methoxy groups -OCH3 is 1. The number of fused-ring (bicyclic) bond motifs is 2. The number of H-pyrrole nitrogens is 1. The van der Waals surface area contributed by atoms with E-state index in [1.807, 2.05) is 26.0 Å². The molecule has 2 heterocycles. The number of aliphatic carboxylic acids is 1. The Morgan fingerprint density at radius 1 is 1.30 bits per heavy atom. The summed E-state index contributed by atoms with van der Waals surface area (Å²) in [6.45, 7) is 4.48. The van der Waals surface area contributed by atoms with Gasteiger partial charge in [-0.1, -0.05) is 13.8 Å². The average molecular weight is 453 g/mol. The van der Waals surface area contributed by atoms with Gasteiger partial charge in [0.2, 0.25) is 5.67 Å². The molecule has 5 rings (SSSR count). The molecule has 2 aromatic heterocycles. The molecule has 0 radical (unpaired) electrons. The molecular weight excluding hydrogens is 428 g/mol. The fourth-order valence-corrected chi connectivity index (χ4v) is 5.22. The van der Waals surface area contributed by atoms with Crippen LogP contribution < -0.4 is 0 Å². The maximum atomic E-state index is 14.8. The van der Waals surface area contributed by atoms with Crippen molar-refractivity contribution in [2.45, 2.75) is 43.7 Å². The fourth-order valence-electron chi connectivity index (χ4n) is 5.22. The van der Waals surface area contributed by atoms with E-state index in [1.165, 1.54) is 12.1 Å². The molecule has 4 aromatic rings. The largest absolute Gasteiger partial charge is 0.479 e. The van der Waals surface area contributed by atoms with Gasteiger partial charge in [-0.3, -0.25) is 5.10 Å². The third-order valence-corrected chi connectivity index (χ3v) is 6.73. The van der Waals surface area contributed by atoms with Gasteiger partial charge >= 0.3 is 5.97 Å². The lowest BCUT2D eigenvalue weighted by molar-refractivity contribution is -0.158. The van der Waals surface area contributed by atoms with Crippen molar-refractivity contribution in [3.8, 4) is 5.69 Å². The molecule has 1 saturated carbocycles. The summed E-state index contributed by atoms with van der Waals surface area (Å²) in [6.07, 6.45) is 1.54. The number of nitrogens with one attached hydrogen (secondary N) is 1. The molecule has 1 aliphatic rings. The van der Waals surface area contributed by atoms with Crippen LogP contribution in [0.15, 0.2) is 42.6 Å². The Labute approximate surface area is 189 Å². The van der Waals surface area contributed by atoms with Crippen LogP contribution in [0.3, 0.4) is 0 Å². The van der Waals surface area contributed by atoms with E-state index in [-0.39, 0.29) is 24.6 Å². The number of carboxylic acid groups (broad SMARTS) is 1. The Kier molecular flexibility index (Phi) is 4.83. The van der Waals surface area contributed by atoms with E-state index in [1.54, 1.807) is 25.4 Å². The number of benzene rings is 2. The zero-order valence-electron chi connectivity index (χ0n) is 18.7. The SMILES string of the molecule is COCC(C)(C)c1c(C2CC(F)(C(=O)O)C2)c2cc3[nH]ncc3cc2n1-c1ccc(F)cc1. The summed E-state index contributed by atoms with van der Waals surface area (Å²) in [5, 5.41) is 18.3. The summed E-state index contributed by atoms with van der Waals surface area (Å²) in [4.78, 5) is 11.5. The molecule has 1 aliphatic carbocycles. The van der Waals surface area contributed by atoms with Crippen molar-refractivity contribution >= 4 is 27.8 Å². The summed E-state index contributed by atoms with van der Waals surface area (Å²) in [5.74, 6) is -2.04. The molecule has 6 nitrogen and oxygen atoms in total. The number of nitrogens with zero attached hydrogens (tertiary/aromatic N) is 2. The van der Waals surface area contributed by atoms with Gasteiger partial charge in [0.05, 0.1) is 23.8 Å². The van der Waals surface area contributed by atoms with E-state index in [4.69, 9.17) is 4.74 Å². The molecule has 0 bridgehead atoms. The topological polar surface area (TPSA) is 80.1 Å². The standard InChI is InChI=1S/C25H25F2N3O3/c1-24(2,13-33-3)22-21(15-10-25(27,11-15)23(31)32)18-9-19-14(12-28-29-19)8-20(18)30(22)17-6-4-16(26)5-7-17/h4-9,12,15H,10-11,13H2,1-3H3,(H,28,29)(H,31,32). The summed E-state index contributed by atoms with van der Waals surface area (Å²) >= 11 is 0. The van der Waals surface area contributed by atoms with Gasteiger partial charge in [0, 0.05) is 34.7 Å². The van der Waals surface area contributed by atoms with Gasteiger partial charge < -0.3 is 14.4 Å². The fraction of sp³-hybridized carbons (Fsp3) is 0.360. The third kappa shape index (κ3) is 3.31. The van der Waals surface area contributed by atoms with Crippen molar-refractivity contribution in [3.05, 3.63) is 59.7 Å². The molecule has 33 heavy (non-hydrogen) atoms. The number of aromatic amines is 1. The molecule has 8 heteroatoms. The highest BCUT2D eigenvalue weighted by Gasteiger charge is 2.53. The maximum absolute atomic E-state index is 14.8. The molecule has 0 unspecified atom stereocenters. The second-order valence-corrected chi connectivity index (χ2v) is 9.59. The van der Waals surface area contributed by atoms with Crippen LogP contribution in [0.5, 0.6) is 0 Å². The predicted molar refractivity (Wildman–Crippen MR) is 121 cm³/mol. The van der Waals surface area contributed by atoms with Crippen molar-refractivity contribution in [3.63, 3.8) is 0 Å². The van der Waals surface area contributed by atoms with Gasteiger partial charge in [0.15, 0.2) is 0 Å². The Morgan fingerprint density at radius 2 is 2.00 bits per heavy atom. The molecule has 2 aromatic carbocycles. The second kappa shape index (κ2) is 7.38. The lowest BCUT2D eigenvalue weighted by atomic mass is 9.67. The highest BCUT2D eigenvalue weighted by atomic mass is 19.1. The minimum atomic E-state index is -2.23. The van der Waals surface area contributed by atoms with Crippen LogP contribution in [-0.4, -0.2) is 45.2 Å². The minimum absolute atomic E-state index is 0.0953. The number of aromatic nitrogens is 3. The van der Waals surface area contributed by atoms with E-state index in [0.29, 0.717) is 6.61 Å². The van der Waals surface area contributed by atoms with Gasteiger partial charge in [-0.25, -0.2) is 13.6 Å². The van der Waals surface area contributed by atoms with Crippen molar-refractivity contribution < 1.29 is 23.4 Å². The van der Waals surface area contributed by atoms with Gasteiger partial charge in [0.25, 0.3) is 0 Å². The van der Waals surface area contributed by atoms with E-state index in [9.17, 15) is 18.7 Å². The summed E-state index contributed by atoms with van der Waals surface area (Å²) in [5.41, 5.74) is 1.55. The Hall–Kier alpha value is -3.26. The lowest BCUT2D eigenvalue weighted by Gasteiger charge is -2.40.